The number of amides is 1. The number of nitrogens with zero attached hydrogens (tertiary/aromatic N) is 2. The molecule has 28 heavy (non-hydrogen) atoms. The second kappa shape index (κ2) is 8.47. The normalized spacial score (nSPS) is 11.4. The standard InChI is InChI=1S/C19H15F4N3OS/c20-14-7-5-13(6-8-14)11-26-10-9-24-18(26)28-12-17(27)25-16-4-2-1-3-15(16)19(21,22)23/h1-10H,11-12H2,(H,25,27). The smallest absolute Gasteiger partial charge is 0.325 e. The number of carbonyl (C=O) groups is 1. The largest absolute Gasteiger partial charge is 0.418 e. The van der Waals surface area contributed by atoms with Crippen LogP contribution in [0.3, 0.4) is 0 Å². The van der Waals surface area contributed by atoms with Gasteiger partial charge in [-0.2, -0.15) is 13.2 Å². The highest BCUT2D eigenvalue weighted by Crippen LogP contribution is 2.34. The van der Waals surface area contributed by atoms with Crippen LogP contribution in [0.25, 0.3) is 0 Å². The number of nitrogens with one attached hydrogen (secondary N) is 1. The number of thioether (sulfide) groups is 1. The van der Waals surface area contributed by atoms with Gasteiger partial charge in [0, 0.05) is 18.9 Å². The first-order valence-corrected chi connectivity index (χ1v) is 9.16. The average Bonchev–Trinajstić information content (AvgIpc) is 3.08. The van der Waals surface area contributed by atoms with Gasteiger partial charge in [-0.15, -0.1) is 0 Å². The number of anilines is 1. The van der Waals surface area contributed by atoms with Crippen LogP contribution in [0.15, 0.2) is 66.1 Å². The van der Waals surface area contributed by atoms with Gasteiger partial charge in [0.25, 0.3) is 0 Å². The average molecular weight is 409 g/mol. The first-order valence-electron chi connectivity index (χ1n) is 8.17. The minimum atomic E-state index is -4.55. The number of aromatic nitrogens is 2. The molecule has 4 nitrogen and oxygen atoms in total. The van der Waals surface area contributed by atoms with E-state index in [0.717, 1.165) is 23.4 Å². The Morgan fingerprint density at radius 1 is 1.11 bits per heavy atom. The van der Waals surface area contributed by atoms with Crippen molar-refractivity contribution in [3.8, 4) is 0 Å². The molecule has 1 amide bonds. The van der Waals surface area contributed by atoms with Crippen LogP contribution in [0, 0.1) is 5.82 Å². The van der Waals surface area contributed by atoms with Crippen LogP contribution in [0.4, 0.5) is 23.2 Å². The van der Waals surface area contributed by atoms with Gasteiger partial charge in [-0.05, 0) is 29.8 Å². The summed E-state index contributed by atoms with van der Waals surface area (Å²) in [5, 5.41) is 2.83. The van der Waals surface area contributed by atoms with Crippen LogP contribution in [-0.4, -0.2) is 21.2 Å². The maximum absolute atomic E-state index is 13.0. The van der Waals surface area contributed by atoms with E-state index in [1.54, 1.807) is 29.1 Å². The van der Waals surface area contributed by atoms with Crippen LogP contribution in [0.2, 0.25) is 0 Å². The Morgan fingerprint density at radius 3 is 2.54 bits per heavy atom. The maximum atomic E-state index is 13.0. The van der Waals surface area contributed by atoms with Gasteiger partial charge in [-0.3, -0.25) is 4.79 Å². The SMILES string of the molecule is O=C(CSc1nccn1Cc1ccc(F)cc1)Nc1ccccc1C(F)(F)F. The van der Waals surface area contributed by atoms with E-state index in [0.29, 0.717) is 11.7 Å². The lowest BCUT2D eigenvalue weighted by Gasteiger charge is -2.13. The van der Waals surface area contributed by atoms with Crippen molar-refractivity contribution in [2.45, 2.75) is 17.9 Å². The molecule has 0 atom stereocenters. The number of carbonyl (C=O) groups excluding carboxylic acids is 1. The summed E-state index contributed by atoms with van der Waals surface area (Å²) in [5.41, 5.74) is -0.328. The lowest BCUT2D eigenvalue weighted by atomic mass is 10.1. The highest BCUT2D eigenvalue weighted by Gasteiger charge is 2.33. The summed E-state index contributed by atoms with van der Waals surface area (Å²) in [6.07, 6.45) is -1.28. The molecule has 0 aliphatic rings. The maximum Gasteiger partial charge on any atom is 0.418 e. The van der Waals surface area contributed by atoms with Crippen molar-refractivity contribution in [2.75, 3.05) is 11.1 Å². The predicted molar refractivity (Wildman–Crippen MR) is 98.5 cm³/mol. The molecule has 3 aromatic rings. The topological polar surface area (TPSA) is 46.9 Å². The fraction of sp³-hybridized carbons (Fsp3) is 0.158. The molecule has 0 aliphatic carbocycles. The summed E-state index contributed by atoms with van der Waals surface area (Å²) in [6.45, 7) is 0.432. The fourth-order valence-corrected chi connectivity index (χ4v) is 3.26. The van der Waals surface area contributed by atoms with E-state index in [4.69, 9.17) is 0 Å². The zero-order chi connectivity index (χ0) is 20.1. The van der Waals surface area contributed by atoms with Crippen LogP contribution in [0.1, 0.15) is 11.1 Å². The number of imidazole rings is 1. The van der Waals surface area contributed by atoms with E-state index in [2.05, 4.69) is 10.3 Å². The fourth-order valence-electron chi connectivity index (χ4n) is 2.50. The summed E-state index contributed by atoms with van der Waals surface area (Å²) < 4.78 is 53.8. The summed E-state index contributed by atoms with van der Waals surface area (Å²) in [5.74, 6) is -1.01. The van der Waals surface area contributed by atoms with Gasteiger partial charge < -0.3 is 9.88 Å². The number of benzene rings is 2. The Balaban J connectivity index is 1.62. The Kier molecular flexibility index (Phi) is 6.03. The van der Waals surface area contributed by atoms with Crippen LogP contribution >= 0.6 is 11.8 Å². The third-order valence-electron chi connectivity index (χ3n) is 3.78. The van der Waals surface area contributed by atoms with Crippen molar-refractivity contribution in [1.82, 2.24) is 9.55 Å². The van der Waals surface area contributed by atoms with Gasteiger partial charge in [-0.25, -0.2) is 9.37 Å². The van der Waals surface area contributed by atoms with Crippen molar-refractivity contribution >= 4 is 23.4 Å². The van der Waals surface area contributed by atoms with Gasteiger partial charge in [0.1, 0.15) is 5.82 Å². The third-order valence-corrected chi connectivity index (χ3v) is 4.79. The van der Waals surface area contributed by atoms with Crippen molar-refractivity contribution in [3.05, 3.63) is 77.9 Å². The molecule has 0 saturated heterocycles. The zero-order valence-corrected chi connectivity index (χ0v) is 15.2. The first-order chi connectivity index (χ1) is 13.3. The molecule has 146 valence electrons. The van der Waals surface area contributed by atoms with Gasteiger partial charge in [0.05, 0.1) is 17.0 Å². The number of alkyl halides is 3. The Morgan fingerprint density at radius 2 is 1.82 bits per heavy atom. The highest BCUT2D eigenvalue weighted by molar-refractivity contribution is 7.99. The Bertz CT molecular complexity index is 954. The van der Waals surface area contributed by atoms with E-state index >= 15 is 0 Å². The molecule has 0 bridgehead atoms. The number of para-hydroxylation sites is 1. The number of hydrogen-bond donors (Lipinski definition) is 1. The molecule has 0 aliphatic heterocycles. The summed E-state index contributed by atoms with van der Waals surface area (Å²) in [7, 11) is 0. The van der Waals surface area contributed by atoms with Crippen LogP contribution in [0.5, 0.6) is 0 Å². The number of rotatable bonds is 6. The molecule has 0 fully saturated rings. The zero-order valence-electron chi connectivity index (χ0n) is 14.4. The van der Waals surface area contributed by atoms with Gasteiger partial charge in [-0.1, -0.05) is 36.0 Å². The lowest BCUT2D eigenvalue weighted by molar-refractivity contribution is -0.137. The van der Waals surface area contributed by atoms with Gasteiger partial charge in [0.15, 0.2) is 5.16 Å². The third kappa shape index (κ3) is 5.13. The molecule has 2 aromatic carbocycles. The Labute approximate surface area is 162 Å². The van der Waals surface area contributed by atoms with E-state index < -0.39 is 17.6 Å². The minimum Gasteiger partial charge on any atom is -0.325 e. The molecule has 9 heteroatoms. The molecule has 0 spiro atoms. The molecule has 0 radical (unpaired) electrons. The summed E-state index contributed by atoms with van der Waals surface area (Å²) >= 11 is 1.10. The second-order valence-electron chi connectivity index (χ2n) is 5.84. The summed E-state index contributed by atoms with van der Waals surface area (Å²) in [6, 6.07) is 10.8. The number of hydrogen-bond acceptors (Lipinski definition) is 3. The van der Waals surface area contributed by atoms with Crippen molar-refractivity contribution < 1.29 is 22.4 Å². The van der Waals surface area contributed by atoms with E-state index in [1.807, 2.05) is 0 Å². The van der Waals surface area contributed by atoms with Crippen molar-refractivity contribution in [2.24, 2.45) is 0 Å². The van der Waals surface area contributed by atoms with E-state index in [9.17, 15) is 22.4 Å². The lowest BCUT2D eigenvalue weighted by Crippen LogP contribution is -2.18. The molecule has 0 saturated carbocycles. The quantitative estimate of drug-likeness (QED) is 0.469. The van der Waals surface area contributed by atoms with Crippen molar-refractivity contribution in [3.63, 3.8) is 0 Å². The predicted octanol–water partition coefficient (Wildman–Crippen LogP) is 4.82. The molecule has 1 heterocycles. The van der Waals surface area contributed by atoms with Crippen molar-refractivity contribution in [1.29, 1.82) is 0 Å². The molecule has 1 aromatic heterocycles. The molecular weight excluding hydrogens is 394 g/mol. The Hall–Kier alpha value is -2.81. The van der Waals surface area contributed by atoms with Gasteiger partial charge >= 0.3 is 6.18 Å². The number of halogens is 4. The second-order valence-corrected chi connectivity index (χ2v) is 6.79. The molecule has 3 rings (SSSR count). The van der Waals surface area contributed by atoms with Gasteiger partial charge in [0.2, 0.25) is 5.91 Å². The first kappa shape index (κ1) is 19.9. The molecular formula is C19H15F4N3OS. The van der Waals surface area contributed by atoms with E-state index in [-0.39, 0.29) is 17.3 Å². The highest BCUT2D eigenvalue weighted by atomic mass is 32.2. The van der Waals surface area contributed by atoms with E-state index in [1.165, 1.54) is 30.3 Å². The van der Waals surface area contributed by atoms with Crippen LogP contribution < -0.4 is 5.32 Å². The minimum absolute atomic E-state index is 0.105. The van der Waals surface area contributed by atoms with Crippen LogP contribution in [-0.2, 0) is 17.5 Å². The monoisotopic (exact) mass is 409 g/mol. The molecule has 1 N–H and O–H groups in total. The molecule has 0 unspecified atom stereocenters. The summed E-state index contributed by atoms with van der Waals surface area (Å²) in [4.78, 5) is 16.3.